The van der Waals surface area contributed by atoms with Gasteiger partial charge in [0.25, 0.3) is 5.91 Å². The highest BCUT2D eigenvalue weighted by atomic mass is 32.1. The molecule has 7 heteroatoms. The lowest BCUT2D eigenvalue weighted by atomic mass is 10.1. The fraction of sp³-hybridized carbons (Fsp3) is 0.125. The third-order valence-corrected chi connectivity index (χ3v) is 3.63. The van der Waals surface area contributed by atoms with Crippen molar-refractivity contribution >= 4 is 41.6 Å². The first-order chi connectivity index (χ1) is 11.1. The van der Waals surface area contributed by atoms with Crippen LogP contribution in [0.15, 0.2) is 47.4 Å². The van der Waals surface area contributed by atoms with Crippen LogP contribution in [0.5, 0.6) is 11.5 Å². The first kappa shape index (κ1) is 17.1. The molecule has 2 rings (SSSR count). The Labute approximate surface area is 145 Å². The Bertz CT molecular complexity index is 713. The van der Waals surface area contributed by atoms with Gasteiger partial charge >= 0.3 is 0 Å². The molecule has 0 spiro atoms. The summed E-state index contributed by atoms with van der Waals surface area (Å²) in [5, 5.41) is 5.69. The third kappa shape index (κ3) is 4.14. The van der Waals surface area contributed by atoms with Gasteiger partial charge < -0.3 is 14.8 Å². The highest BCUT2D eigenvalue weighted by molar-refractivity contribution is 7.81. The van der Waals surface area contributed by atoms with Crippen LogP contribution in [0.1, 0.15) is 10.4 Å². The van der Waals surface area contributed by atoms with E-state index in [0.29, 0.717) is 17.2 Å². The summed E-state index contributed by atoms with van der Waals surface area (Å²) in [5.74, 6) is 0.381. The van der Waals surface area contributed by atoms with E-state index < -0.39 is 5.91 Å². The topological polar surface area (TPSA) is 59.6 Å². The minimum absolute atomic E-state index is 0.157. The lowest BCUT2D eigenvalue weighted by Gasteiger charge is -2.14. The van der Waals surface area contributed by atoms with Crippen molar-refractivity contribution in [2.45, 2.75) is 4.90 Å². The van der Waals surface area contributed by atoms with Gasteiger partial charge in [-0.3, -0.25) is 10.1 Å². The third-order valence-electron chi connectivity index (χ3n) is 3.03. The van der Waals surface area contributed by atoms with E-state index in [-0.39, 0.29) is 10.7 Å². The zero-order valence-electron chi connectivity index (χ0n) is 12.6. The monoisotopic (exact) mass is 348 g/mol. The highest BCUT2D eigenvalue weighted by Crippen LogP contribution is 2.28. The Kier molecular flexibility index (Phi) is 5.84. The van der Waals surface area contributed by atoms with Gasteiger partial charge in [-0.25, -0.2) is 0 Å². The fourth-order valence-corrected chi connectivity index (χ4v) is 2.39. The Hall–Kier alpha value is -2.25. The number of methoxy groups -OCH3 is 2. The number of carbonyl (C=O) groups is 1. The predicted molar refractivity (Wildman–Crippen MR) is 96.9 cm³/mol. The van der Waals surface area contributed by atoms with Crippen LogP contribution in [0.3, 0.4) is 0 Å². The van der Waals surface area contributed by atoms with E-state index >= 15 is 0 Å². The number of hydrogen-bond acceptors (Lipinski definition) is 5. The van der Waals surface area contributed by atoms with Gasteiger partial charge in [0.2, 0.25) is 0 Å². The summed E-state index contributed by atoms with van der Waals surface area (Å²) in [6, 6.07) is 12.4. The maximum Gasteiger partial charge on any atom is 0.264 e. The molecule has 0 fully saturated rings. The first-order valence-corrected chi connectivity index (χ1v) is 7.53. The van der Waals surface area contributed by atoms with Crippen molar-refractivity contribution in [3.05, 3.63) is 48.0 Å². The second-order valence-electron chi connectivity index (χ2n) is 4.46. The van der Waals surface area contributed by atoms with Gasteiger partial charge in [-0.15, -0.1) is 12.6 Å². The Morgan fingerprint density at radius 3 is 2.22 bits per heavy atom. The van der Waals surface area contributed by atoms with Crippen LogP contribution in [0.25, 0.3) is 0 Å². The second kappa shape index (κ2) is 7.85. The number of carbonyl (C=O) groups excluding carboxylic acids is 1. The number of nitrogens with one attached hydrogen (secondary N) is 2. The van der Waals surface area contributed by atoms with Crippen LogP contribution in [0.2, 0.25) is 0 Å². The molecule has 0 bridgehead atoms. The summed E-state index contributed by atoms with van der Waals surface area (Å²) in [7, 11) is 2.97. The molecule has 23 heavy (non-hydrogen) atoms. The molecule has 0 atom stereocenters. The summed E-state index contributed by atoms with van der Waals surface area (Å²) < 4.78 is 10.4. The van der Waals surface area contributed by atoms with Gasteiger partial charge in [-0.2, -0.15) is 0 Å². The lowest BCUT2D eigenvalue weighted by Crippen LogP contribution is -2.34. The van der Waals surface area contributed by atoms with E-state index in [0.717, 1.165) is 4.90 Å². The van der Waals surface area contributed by atoms with Gasteiger partial charge in [0.05, 0.1) is 19.9 Å². The van der Waals surface area contributed by atoms with E-state index in [1.165, 1.54) is 14.2 Å². The Balaban J connectivity index is 2.16. The van der Waals surface area contributed by atoms with Gasteiger partial charge in [-0.05, 0) is 36.5 Å². The normalized spacial score (nSPS) is 9.87. The summed E-state index contributed by atoms with van der Waals surface area (Å²) in [6.07, 6.45) is 0. The van der Waals surface area contributed by atoms with E-state index in [2.05, 4.69) is 23.3 Å². The molecular weight excluding hydrogens is 332 g/mol. The van der Waals surface area contributed by atoms with Gasteiger partial charge in [0.1, 0.15) is 17.1 Å². The zero-order valence-corrected chi connectivity index (χ0v) is 14.3. The number of hydrogen-bond donors (Lipinski definition) is 3. The number of amides is 1. The summed E-state index contributed by atoms with van der Waals surface area (Å²) in [6.45, 7) is 0. The van der Waals surface area contributed by atoms with Crippen LogP contribution in [-0.4, -0.2) is 25.2 Å². The largest absolute Gasteiger partial charge is 0.496 e. The van der Waals surface area contributed by atoms with Crippen LogP contribution in [0.4, 0.5) is 5.69 Å². The predicted octanol–water partition coefficient (Wildman–Crippen LogP) is 3.12. The first-order valence-electron chi connectivity index (χ1n) is 6.68. The number of rotatable bonds is 4. The number of anilines is 1. The van der Waals surface area contributed by atoms with E-state index in [9.17, 15) is 4.79 Å². The standard InChI is InChI=1S/C16H16N2O3S2/c1-20-11-7-5-8-12(21-2)14(11)15(19)18-16(23)17-10-6-3-4-9-13(10)22/h3-9,22H,1-2H3,(H2,17,18,19,23). The quantitative estimate of drug-likeness (QED) is 0.585. The number of thiocarbonyl (C=S) groups is 1. The molecule has 5 nitrogen and oxygen atoms in total. The molecule has 0 saturated heterocycles. The van der Waals surface area contributed by atoms with Gasteiger partial charge in [0, 0.05) is 4.90 Å². The van der Waals surface area contributed by atoms with Crippen molar-refractivity contribution in [3.63, 3.8) is 0 Å². The molecule has 120 valence electrons. The molecule has 2 aromatic rings. The summed E-state index contributed by atoms with van der Waals surface area (Å²) in [5.41, 5.74) is 0.980. The molecular formula is C16H16N2O3S2. The number of ether oxygens (including phenoxy) is 2. The molecule has 0 radical (unpaired) electrons. The smallest absolute Gasteiger partial charge is 0.264 e. The summed E-state index contributed by atoms with van der Waals surface area (Å²) in [4.78, 5) is 13.2. The molecule has 0 saturated carbocycles. The number of benzene rings is 2. The molecule has 0 heterocycles. The molecule has 0 aromatic heterocycles. The van der Waals surface area contributed by atoms with Crippen molar-refractivity contribution in [2.75, 3.05) is 19.5 Å². The zero-order chi connectivity index (χ0) is 16.8. The molecule has 2 N–H and O–H groups in total. The SMILES string of the molecule is COc1cccc(OC)c1C(=O)NC(=S)Nc1ccccc1S. The van der Waals surface area contributed by atoms with Crippen LogP contribution < -0.4 is 20.1 Å². The van der Waals surface area contributed by atoms with Crippen LogP contribution in [0, 0.1) is 0 Å². The number of thiol groups is 1. The molecule has 0 aliphatic heterocycles. The second-order valence-corrected chi connectivity index (χ2v) is 5.35. The highest BCUT2D eigenvalue weighted by Gasteiger charge is 2.19. The maximum atomic E-state index is 12.5. The van der Waals surface area contributed by atoms with Gasteiger partial charge in [-0.1, -0.05) is 18.2 Å². The van der Waals surface area contributed by atoms with Crippen molar-refractivity contribution < 1.29 is 14.3 Å². The van der Waals surface area contributed by atoms with Crippen molar-refractivity contribution in [3.8, 4) is 11.5 Å². The molecule has 1 amide bonds. The van der Waals surface area contributed by atoms with Gasteiger partial charge in [0.15, 0.2) is 5.11 Å². The van der Waals surface area contributed by atoms with Crippen molar-refractivity contribution in [1.29, 1.82) is 0 Å². The average molecular weight is 348 g/mol. The van der Waals surface area contributed by atoms with Crippen molar-refractivity contribution in [1.82, 2.24) is 5.32 Å². The number of para-hydroxylation sites is 1. The fourth-order valence-electron chi connectivity index (χ4n) is 1.97. The summed E-state index contributed by atoms with van der Waals surface area (Å²) >= 11 is 9.49. The van der Waals surface area contributed by atoms with E-state index in [1.54, 1.807) is 18.2 Å². The van der Waals surface area contributed by atoms with E-state index in [4.69, 9.17) is 21.7 Å². The van der Waals surface area contributed by atoms with Crippen LogP contribution >= 0.6 is 24.8 Å². The molecule has 0 aliphatic carbocycles. The molecule has 2 aromatic carbocycles. The molecule has 0 aliphatic rings. The average Bonchev–Trinajstić information content (AvgIpc) is 2.55. The minimum Gasteiger partial charge on any atom is -0.496 e. The lowest BCUT2D eigenvalue weighted by molar-refractivity contribution is 0.0971. The molecule has 0 unspecified atom stereocenters. The van der Waals surface area contributed by atoms with Crippen molar-refractivity contribution in [2.24, 2.45) is 0 Å². The van der Waals surface area contributed by atoms with E-state index in [1.807, 2.05) is 24.3 Å². The Morgan fingerprint density at radius 2 is 1.65 bits per heavy atom. The minimum atomic E-state index is -0.423. The Morgan fingerprint density at radius 1 is 1.04 bits per heavy atom. The van der Waals surface area contributed by atoms with Crippen LogP contribution in [-0.2, 0) is 0 Å². The maximum absolute atomic E-state index is 12.5.